The largest absolute Gasteiger partial charge is 0.497 e. The molecule has 1 saturated heterocycles. The normalized spacial score (nSPS) is 15.2. The minimum absolute atomic E-state index is 0. The topological polar surface area (TPSA) is 67.6 Å². The summed E-state index contributed by atoms with van der Waals surface area (Å²) in [5, 5.41) is 11.9. The molecule has 1 aromatic heterocycles. The molecule has 1 aliphatic heterocycles. The summed E-state index contributed by atoms with van der Waals surface area (Å²) in [6.45, 7) is 7.76. The molecule has 7 nitrogen and oxygen atoms in total. The molecule has 0 unspecified atom stereocenters. The highest BCUT2D eigenvalue weighted by Crippen LogP contribution is 2.16. The van der Waals surface area contributed by atoms with E-state index in [0.29, 0.717) is 6.54 Å². The van der Waals surface area contributed by atoms with Crippen molar-refractivity contribution in [2.75, 3.05) is 26.7 Å². The number of likely N-dealkylation sites (tertiary alicyclic amines) is 1. The molecule has 0 bridgehead atoms. The number of nitrogens with zero attached hydrogens (tertiary/aromatic N) is 5. The van der Waals surface area contributed by atoms with Crippen molar-refractivity contribution in [2.45, 2.75) is 39.7 Å². The van der Waals surface area contributed by atoms with Crippen LogP contribution in [0.4, 0.5) is 0 Å². The minimum Gasteiger partial charge on any atom is -0.497 e. The molecule has 0 saturated carbocycles. The van der Waals surface area contributed by atoms with Crippen molar-refractivity contribution in [2.24, 2.45) is 18.0 Å². The van der Waals surface area contributed by atoms with Gasteiger partial charge in [0.25, 0.3) is 0 Å². The van der Waals surface area contributed by atoms with Crippen LogP contribution in [0.2, 0.25) is 0 Å². The van der Waals surface area contributed by atoms with Gasteiger partial charge in [0.05, 0.1) is 7.11 Å². The summed E-state index contributed by atoms with van der Waals surface area (Å²) < 4.78 is 7.23. The summed E-state index contributed by atoms with van der Waals surface area (Å²) in [5.74, 6) is 4.45. The number of aliphatic imine (C=N–C) groups is 1. The second-order valence-corrected chi connectivity index (χ2v) is 7.56. The number of ether oxygens (including phenoxy) is 1. The maximum atomic E-state index is 5.23. The summed E-state index contributed by atoms with van der Waals surface area (Å²) in [5.41, 5.74) is 1.28. The summed E-state index contributed by atoms with van der Waals surface area (Å²) in [4.78, 5) is 7.24. The Kier molecular flexibility index (Phi) is 9.19. The van der Waals surface area contributed by atoms with E-state index in [1.165, 1.54) is 18.4 Å². The fourth-order valence-electron chi connectivity index (χ4n) is 3.33. The number of benzene rings is 1. The molecule has 160 valence electrons. The van der Waals surface area contributed by atoms with E-state index in [9.17, 15) is 0 Å². The highest BCUT2D eigenvalue weighted by Gasteiger charge is 2.19. The minimum atomic E-state index is 0. The number of piperidine rings is 1. The van der Waals surface area contributed by atoms with Gasteiger partial charge in [-0.3, -0.25) is 0 Å². The van der Waals surface area contributed by atoms with Gasteiger partial charge in [0, 0.05) is 26.7 Å². The molecule has 8 heteroatoms. The molecular formula is C21H33IN6O. The molecule has 1 aliphatic rings. The van der Waals surface area contributed by atoms with Crippen LogP contribution in [0, 0.1) is 12.8 Å². The van der Waals surface area contributed by atoms with Gasteiger partial charge in [-0.15, -0.1) is 34.2 Å². The van der Waals surface area contributed by atoms with Crippen molar-refractivity contribution in [1.29, 1.82) is 0 Å². The van der Waals surface area contributed by atoms with Crippen LogP contribution in [-0.4, -0.2) is 52.4 Å². The number of rotatable bonds is 6. The first-order valence-corrected chi connectivity index (χ1v) is 10.1. The van der Waals surface area contributed by atoms with Gasteiger partial charge in [-0.25, -0.2) is 4.99 Å². The van der Waals surface area contributed by atoms with Crippen molar-refractivity contribution < 1.29 is 4.74 Å². The van der Waals surface area contributed by atoms with Crippen molar-refractivity contribution in [3.05, 3.63) is 41.5 Å². The fourth-order valence-corrected chi connectivity index (χ4v) is 3.33. The molecule has 1 aromatic carbocycles. The van der Waals surface area contributed by atoms with Crippen LogP contribution in [0.3, 0.4) is 0 Å². The predicted octanol–water partition coefficient (Wildman–Crippen LogP) is 3.17. The Morgan fingerprint density at radius 3 is 2.48 bits per heavy atom. The highest BCUT2D eigenvalue weighted by atomic mass is 127. The maximum absolute atomic E-state index is 5.23. The number of methoxy groups -OCH3 is 1. The van der Waals surface area contributed by atoms with Crippen LogP contribution in [0.5, 0.6) is 5.75 Å². The van der Waals surface area contributed by atoms with Gasteiger partial charge in [-0.1, -0.05) is 19.1 Å². The predicted molar refractivity (Wildman–Crippen MR) is 127 cm³/mol. The maximum Gasteiger partial charge on any atom is 0.194 e. The Labute approximate surface area is 191 Å². The number of hydrogen-bond acceptors (Lipinski definition) is 4. The summed E-state index contributed by atoms with van der Waals surface area (Å²) in [7, 11) is 3.68. The van der Waals surface area contributed by atoms with E-state index in [0.717, 1.165) is 55.3 Å². The second-order valence-electron chi connectivity index (χ2n) is 7.56. The number of halogens is 1. The first kappa shape index (κ1) is 23.4. The number of hydrogen-bond donors (Lipinski definition) is 1. The third kappa shape index (κ3) is 6.58. The van der Waals surface area contributed by atoms with Crippen LogP contribution >= 0.6 is 24.0 Å². The van der Waals surface area contributed by atoms with Crippen molar-refractivity contribution in [3.8, 4) is 5.75 Å². The Morgan fingerprint density at radius 1 is 1.21 bits per heavy atom. The van der Waals surface area contributed by atoms with Crippen LogP contribution in [0.15, 0.2) is 29.3 Å². The Hall–Kier alpha value is -1.84. The second kappa shape index (κ2) is 11.4. The molecule has 0 aliphatic carbocycles. The van der Waals surface area contributed by atoms with E-state index >= 15 is 0 Å². The SMILES string of the molecule is COc1ccc(CCNC(=NCc2nnc(C)n2C)N2CCC(C)CC2)cc1.I. The first-order chi connectivity index (χ1) is 13.6. The lowest BCUT2D eigenvalue weighted by molar-refractivity contribution is 0.273. The molecule has 0 atom stereocenters. The Balaban J connectivity index is 0.00000300. The first-order valence-electron chi connectivity index (χ1n) is 10.1. The number of aromatic nitrogens is 3. The summed E-state index contributed by atoms with van der Waals surface area (Å²) in [6, 6.07) is 8.24. The van der Waals surface area contributed by atoms with Crippen molar-refractivity contribution in [1.82, 2.24) is 25.0 Å². The third-order valence-electron chi connectivity index (χ3n) is 5.49. The fraction of sp³-hybridized carbons (Fsp3) is 0.571. The van der Waals surface area contributed by atoms with Crippen molar-refractivity contribution in [3.63, 3.8) is 0 Å². The molecule has 29 heavy (non-hydrogen) atoms. The number of guanidine groups is 1. The lowest BCUT2D eigenvalue weighted by Crippen LogP contribution is -2.46. The van der Waals surface area contributed by atoms with Gasteiger partial charge in [0.15, 0.2) is 11.8 Å². The van der Waals surface area contributed by atoms with Gasteiger partial charge >= 0.3 is 0 Å². The van der Waals surface area contributed by atoms with E-state index < -0.39 is 0 Å². The number of nitrogens with one attached hydrogen (secondary N) is 1. The lowest BCUT2D eigenvalue weighted by atomic mass is 9.99. The van der Waals surface area contributed by atoms with Gasteiger partial charge in [0.1, 0.15) is 18.1 Å². The zero-order valence-electron chi connectivity index (χ0n) is 17.9. The molecule has 2 aromatic rings. The standard InChI is InChI=1S/C21H32N6O.HI/c1-16-10-13-27(14-11-16)21(23-15-20-25-24-17(2)26(20)3)22-12-9-18-5-7-19(28-4)8-6-18;/h5-8,16H,9-15H2,1-4H3,(H,22,23);1H. The van der Waals surface area contributed by atoms with Crippen LogP contribution in [0.25, 0.3) is 0 Å². The zero-order chi connectivity index (χ0) is 19.9. The summed E-state index contributed by atoms with van der Waals surface area (Å²) in [6.07, 6.45) is 3.36. The van der Waals surface area contributed by atoms with Crippen LogP contribution in [0.1, 0.15) is 37.0 Å². The van der Waals surface area contributed by atoms with E-state index in [1.807, 2.05) is 30.7 Å². The van der Waals surface area contributed by atoms with Gasteiger partial charge in [0.2, 0.25) is 0 Å². The quantitative estimate of drug-likeness (QED) is 0.366. The molecule has 1 N–H and O–H groups in total. The smallest absolute Gasteiger partial charge is 0.194 e. The zero-order valence-corrected chi connectivity index (χ0v) is 20.2. The Bertz CT molecular complexity index is 781. The average Bonchev–Trinajstić information content (AvgIpc) is 3.04. The van der Waals surface area contributed by atoms with E-state index in [1.54, 1.807) is 7.11 Å². The summed E-state index contributed by atoms with van der Waals surface area (Å²) >= 11 is 0. The average molecular weight is 512 g/mol. The number of aryl methyl sites for hydroxylation is 1. The molecular weight excluding hydrogens is 479 g/mol. The van der Waals surface area contributed by atoms with E-state index in [4.69, 9.17) is 9.73 Å². The lowest BCUT2D eigenvalue weighted by Gasteiger charge is -2.33. The van der Waals surface area contributed by atoms with E-state index in [2.05, 4.69) is 39.5 Å². The van der Waals surface area contributed by atoms with Crippen molar-refractivity contribution >= 4 is 29.9 Å². The molecule has 1 fully saturated rings. The monoisotopic (exact) mass is 512 g/mol. The molecule has 2 heterocycles. The highest BCUT2D eigenvalue weighted by molar-refractivity contribution is 14.0. The third-order valence-corrected chi connectivity index (χ3v) is 5.49. The molecule has 0 amide bonds. The van der Waals surface area contributed by atoms with Gasteiger partial charge in [-0.2, -0.15) is 0 Å². The Morgan fingerprint density at radius 2 is 1.90 bits per heavy atom. The van der Waals surface area contributed by atoms with Crippen LogP contribution < -0.4 is 10.1 Å². The van der Waals surface area contributed by atoms with E-state index in [-0.39, 0.29) is 24.0 Å². The van der Waals surface area contributed by atoms with Gasteiger partial charge < -0.3 is 19.5 Å². The molecule has 0 radical (unpaired) electrons. The van der Waals surface area contributed by atoms with Gasteiger partial charge in [-0.05, 0) is 49.8 Å². The molecule has 0 spiro atoms. The molecule has 3 rings (SSSR count). The van der Waals surface area contributed by atoms with Crippen LogP contribution in [-0.2, 0) is 20.0 Å².